The first kappa shape index (κ1) is 19.1. The zero-order valence-corrected chi connectivity index (χ0v) is 15.1. The molecule has 3 rings (SSSR count). The predicted molar refractivity (Wildman–Crippen MR) is 106 cm³/mol. The molecule has 0 atom stereocenters. The maximum atomic E-state index is 12.0. The first-order chi connectivity index (χ1) is 13.5. The summed E-state index contributed by atoms with van der Waals surface area (Å²) < 4.78 is 0. The summed E-state index contributed by atoms with van der Waals surface area (Å²) in [5.74, 6) is -0.276. The number of piperazine rings is 1. The van der Waals surface area contributed by atoms with Crippen LogP contribution in [0.5, 0.6) is 0 Å². The van der Waals surface area contributed by atoms with Crippen LogP contribution in [0, 0.1) is 10.1 Å². The first-order valence-electron chi connectivity index (χ1n) is 8.82. The number of hydrogen-bond acceptors (Lipinski definition) is 5. The van der Waals surface area contributed by atoms with E-state index in [0.717, 1.165) is 17.8 Å². The van der Waals surface area contributed by atoms with Crippen molar-refractivity contribution in [3.8, 4) is 0 Å². The Kier molecular flexibility index (Phi) is 6.01. The number of benzene rings is 2. The highest BCUT2D eigenvalue weighted by Gasteiger charge is 2.16. The van der Waals surface area contributed by atoms with Gasteiger partial charge in [-0.25, -0.2) is 0 Å². The quantitative estimate of drug-likeness (QED) is 0.452. The van der Waals surface area contributed by atoms with Crippen molar-refractivity contribution >= 4 is 29.3 Å². The number of hydrogen-bond donors (Lipinski definition) is 2. The van der Waals surface area contributed by atoms with Crippen molar-refractivity contribution in [2.24, 2.45) is 0 Å². The molecule has 1 saturated heterocycles. The zero-order valence-electron chi connectivity index (χ0n) is 15.1. The molecule has 0 unspecified atom stereocenters. The number of nitrogens with zero attached hydrogens (tertiary/aromatic N) is 2. The maximum absolute atomic E-state index is 12.0. The molecule has 2 N–H and O–H groups in total. The Hall–Kier alpha value is -3.68. The molecular formula is C20H20N4O4. The lowest BCUT2D eigenvalue weighted by molar-refractivity contribution is -0.384. The molecule has 28 heavy (non-hydrogen) atoms. The molecule has 0 aromatic heterocycles. The van der Waals surface area contributed by atoms with Crippen molar-refractivity contribution in [2.75, 3.05) is 24.5 Å². The van der Waals surface area contributed by atoms with Gasteiger partial charge in [-0.15, -0.1) is 0 Å². The van der Waals surface area contributed by atoms with Gasteiger partial charge in [0.1, 0.15) is 0 Å². The summed E-state index contributed by atoms with van der Waals surface area (Å²) in [5, 5.41) is 16.3. The van der Waals surface area contributed by atoms with Gasteiger partial charge < -0.3 is 15.5 Å². The molecule has 0 bridgehead atoms. The number of carbonyl (C=O) groups is 2. The second kappa shape index (κ2) is 8.81. The number of nitro groups is 1. The molecule has 8 nitrogen and oxygen atoms in total. The Morgan fingerprint density at radius 1 is 1.25 bits per heavy atom. The maximum Gasteiger partial charge on any atom is 0.270 e. The third-order valence-corrected chi connectivity index (χ3v) is 4.31. The second-order valence-corrected chi connectivity index (χ2v) is 6.34. The summed E-state index contributed by atoms with van der Waals surface area (Å²) in [6, 6.07) is 13.7. The zero-order chi connectivity index (χ0) is 19.9. The number of anilines is 1. The van der Waals surface area contributed by atoms with Crippen LogP contribution in [0.4, 0.5) is 11.4 Å². The van der Waals surface area contributed by atoms with E-state index in [4.69, 9.17) is 0 Å². The Morgan fingerprint density at radius 3 is 2.75 bits per heavy atom. The fourth-order valence-electron chi connectivity index (χ4n) is 2.85. The molecule has 2 amide bonds. The number of nitro benzene ring substituents is 1. The van der Waals surface area contributed by atoms with Crippen molar-refractivity contribution in [1.82, 2.24) is 10.6 Å². The van der Waals surface area contributed by atoms with E-state index in [1.54, 1.807) is 12.1 Å². The van der Waals surface area contributed by atoms with Crippen molar-refractivity contribution in [2.45, 2.75) is 6.54 Å². The first-order valence-corrected chi connectivity index (χ1v) is 8.82. The van der Waals surface area contributed by atoms with E-state index >= 15 is 0 Å². The predicted octanol–water partition coefficient (Wildman–Crippen LogP) is 1.86. The fraction of sp³-hybridized carbons (Fsp3) is 0.200. The molecule has 2 aromatic rings. The highest BCUT2D eigenvalue weighted by Crippen LogP contribution is 2.16. The number of carbonyl (C=O) groups excluding carboxylic acids is 2. The summed E-state index contributed by atoms with van der Waals surface area (Å²) in [6.07, 6.45) is 2.88. The average Bonchev–Trinajstić information content (AvgIpc) is 2.71. The largest absolute Gasteiger partial charge is 0.360 e. The molecular weight excluding hydrogens is 360 g/mol. The van der Waals surface area contributed by atoms with Crippen LogP contribution in [-0.2, 0) is 16.1 Å². The lowest BCUT2D eigenvalue weighted by atomic mass is 10.1. The molecule has 8 heteroatoms. The number of amides is 2. The Bertz CT molecular complexity index is 909. The van der Waals surface area contributed by atoms with E-state index < -0.39 is 4.92 Å². The molecule has 0 spiro atoms. The van der Waals surface area contributed by atoms with Crippen LogP contribution in [0.2, 0.25) is 0 Å². The SMILES string of the molecule is O=C(/C=C/c1cccc([N+](=O)[O-])c1)NCc1ccc(N2CCNC(=O)C2)cc1. The van der Waals surface area contributed by atoms with Crippen LogP contribution in [0.3, 0.4) is 0 Å². The molecule has 144 valence electrons. The van der Waals surface area contributed by atoms with Gasteiger partial charge in [0, 0.05) is 43.5 Å². The van der Waals surface area contributed by atoms with Crippen LogP contribution >= 0.6 is 0 Å². The summed E-state index contributed by atoms with van der Waals surface area (Å²) in [5.41, 5.74) is 2.46. The fourth-order valence-corrected chi connectivity index (χ4v) is 2.85. The van der Waals surface area contributed by atoms with Gasteiger partial charge >= 0.3 is 0 Å². The highest BCUT2D eigenvalue weighted by atomic mass is 16.6. The minimum Gasteiger partial charge on any atom is -0.360 e. The molecule has 1 aliphatic rings. The monoisotopic (exact) mass is 380 g/mol. The molecule has 0 saturated carbocycles. The minimum absolute atomic E-state index is 0.0122. The van der Waals surface area contributed by atoms with Crippen molar-refractivity contribution in [1.29, 1.82) is 0 Å². The summed E-state index contributed by atoms with van der Waals surface area (Å²) in [6.45, 7) is 2.11. The van der Waals surface area contributed by atoms with Crippen LogP contribution in [0.25, 0.3) is 6.08 Å². The van der Waals surface area contributed by atoms with Gasteiger partial charge in [-0.2, -0.15) is 0 Å². The van der Waals surface area contributed by atoms with Gasteiger partial charge in [0.25, 0.3) is 5.69 Å². The third kappa shape index (κ3) is 5.16. The third-order valence-electron chi connectivity index (χ3n) is 4.31. The Morgan fingerprint density at radius 2 is 2.04 bits per heavy atom. The molecule has 0 aliphatic carbocycles. The van der Waals surface area contributed by atoms with Crippen LogP contribution in [0.15, 0.2) is 54.6 Å². The smallest absolute Gasteiger partial charge is 0.270 e. The Balaban J connectivity index is 1.52. The lowest BCUT2D eigenvalue weighted by Gasteiger charge is -2.28. The van der Waals surface area contributed by atoms with E-state index in [-0.39, 0.29) is 17.5 Å². The van der Waals surface area contributed by atoms with Crippen LogP contribution in [0.1, 0.15) is 11.1 Å². The lowest BCUT2D eigenvalue weighted by Crippen LogP contribution is -2.47. The summed E-state index contributed by atoms with van der Waals surface area (Å²) in [4.78, 5) is 35.7. The summed E-state index contributed by atoms with van der Waals surface area (Å²) >= 11 is 0. The summed E-state index contributed by atoms with van der Waals surface area (Å²) in [7, 11) is 0. The minimum atomic E-state index is -0.475. The van der Waals surface area contributed by atoms with Gasteiger partial charge in [-0.3, -0.25) is 19.7 Å². The van der Waals surface area contributed by atoms with E-state index in [9.17, 15) is 19.7 Å². The molecule has 1 heterocycles. The standard InChI is InChI=1S/C20H20N4O4/c25-19(9-6-15-2-1-3-18(12-15)24(27)28)22-13-16-4-7-17(8-5-16)23-11-10-21-20(26)14-23/h1-9,12H,10-11,13-14H2,(H,21,26)(H,22,25)/b9-6+. The normalized spacial score (nSPS) is 14.0. The van der Waals surface area contributed by atoms with E-state index in [1.807, 2.05) is 29.2 Å². The van der Waals surface area contributed by atoms with Crippen molar-refractivity contribution in [3.63, 3.8) is 0 Å². The van der Waals surface area contributed by atoms with Gasteiger partial charge in [-0.05, 0) is 29.3 Å². The molecule has 2 aromatic carbocycles. The molecule has 1 aliphatic heterocycles. The average molecular weight is 380 g/mol. The van der Waals surface area contributed by atoms with Gasteiger partial charge in [-0.1, -0.05) is 24.3 Å². The van der Waals surface area contributed by atoms with Gasteiger partial charge in [0.15, 0.2) is 0 Å². The number of nitrogens with one attached hydrogen (secondary N) is 2. The van der Waals surface area contributed by atoms with Crippen molar-refractivity contribution in [3.05, 3.63) is 75.8 Å². The van der Waals surface area contributed by atoms with E-state index in [2.05, 4.69) is 10.6 Å². The number of non-ortho nitro benzene ring substituents is 1. The van der Waals surface area contributed by atoms with Crippen LogP contribution < -0.4 is 15.5 Å². The second-order valence-electron chi connectivity index (χ2n) is 6.34. The van der Waals surface area contributed by atoms with E-state index in [1.165, 1.54) is 24.3 Å². The van der Waals surface area contributed by atoms with Crippen LogP contribution in [-0.4, -0.2) is 36.4 Å². The molecule has 1 fully saturated rings. The molecule has 0 radical (unpaired) electrons. The van der Waals surface area contributed by atoms with Crippen molar-refractivity contribution < 1.29 is 14.5 Å². The topological polar surface area (TPSA) is 105 Å². The van der Waals surface area contributed by atoms with E-state index in [0.29, 0.717) is 25.2 Å². The van der Waals surface area contributed by atoms with Gasteiger partial charge in [0.2, 0.25) is 11.8 Å². The number of rotatable bonds is 6. The van der Waals surface area contributed by atoms with Gasteiger partial charge in [0.05, 0.1) is 11.5 Å². The Labute approximate surface area is 162 Å². The highest BCUT2D eigenvalue weighted by molar-refractivity contribution is 5.91.